The molecule has 1 aliphatic rings. The van der Waals surface area contributed by atoms with Crippen molar-refractivity contribution in [3.63, 3.8) is 0 Å². The lowest BCUT2D eigenvalue weighted by Crippen LogP contribution is -2.56. The van der Waals surface area contributed by atoms with Crippen LogP contribution in [0, 0.1) is 0 Å². The highest BCUT2D eigenvalue weighted by Crippen LogP contribution is 2.22. The third-order valence-corrected chi connectivity index (χ3v) is 2.88. The fraction of sp³-hybridized carbons (Fsp3) is 0.900. The minimum atomic E-state index is -0.636. The number of rotatable bonds is 6. The second-order valence-corrected chi connectivity index (χ2v) is 3.92. The minimum Gasteiger partial charge on any atom is -0.468 e. The summed E-state index contributed by atoms with van der Waals surface area (Å²) in [6.45, 7) is 2.16. The van der Waals surface area contributed by atoms with Crippen LogP contribution in [0.1, 0.15) is 19.3 Å². The van der Waals surface area contributed by atoms with Crippen LogP contribution in [-0.4, -0.2) is 44.9 Å². The van der Waals surface area contributed by atoms with Crippen LogP contribution in [0.15, 0.2) is 5.11 Å². The fourth-order valence-corrected chi connectivity index (χ4v) is 1.89. The van der Waals surface area contributed by atoms with Crippen molar-refractivity contribution in [2.75, 3.05) is 33.4 Å². The number of nitrogens with one attached hydrogen (secondary N) is 1. The van der Waals surface area contributed by atoms with E-state index in [4.69, 9.17) is 15.0 Å². The number of nitrogens with zero attached hydrogens (tertiary/aromatic N) is 3. The molecule has 0 atom stereocenters. The molecule has 1 fully saturated rings. The molecule has 1 heterocycles. The Labute approximate surface area is 100 Å². The van der Waals surface area contributed by atoms with Gasteiger partial charge in [-0.3, -0.25) is 4.79 Å². The molecule has 0 spiro atoms. The largest absolute Gasteiger partial charge is 0.468 e. The van der Waals surface area contributed by atoms with Gasteiger partial charge < -0.3 is 14.8 Å². The zero-order valence-electron chi connectivity index (χ0n) is 10.0. The number of hydrogen-bond acceptors (Lipinski definition) is 5. The number of carbonyl (C=O) groups excluding carboxylic acids is 1. The van der Waals surface area contributed by atoms with Gasteiger partial charge in [-0.2, -0.15) is 0 Å². The molecule has 0 bridgehead atoms. The van der Waals surface area contributed by atoms with Gasteiger partial charge in [0, 0.05) is 24.7 Å². The van der Waals surface area contributed by atoms with Crippen LogP contribution in [0.4, 0.5) is 0 Å². The Morgan fingerprint density at radius 2 is 2.29 bits per heavy atom. The first kappa shape index (κ1) is 13.8. The van der Waals surface area contributed by atoms with Crippen molar-refractivity contribution in [3.8, 4) is 0 Å². The number of hydrogen-bond donors (Lipinski definition) is 1. The zero-order chi connectivity index (χ0) is 12.6. The Morgan fingerprint density at radius 1 is 1.59 bits per heavy atom. The Bertz CT molecular complexity index is 296. The molecule has 96 valence electrons. The number of ether oxygens (including phenoxy) is 2. The maximum atomic E-state index is 11.8. The van der Waals surface area contributed by atoms with E-state index < -0.39 is 5.54 Å². The molecule has 1 rings (SSSR count). The predicted molar refractivity (Wildman–Crippen MR) is 61.4 cm³/mol. The van der Waals surface area contributed by atoms with Crippen LogP contribution in [-0.2, 0) is 14.3 Å². The van der Waals surface area contributed by atoms with Gasteiger partial charge in [0.05, 0.1) is 7.11 Å². The van der Waals surface area contributed by atoms with Gasteiger partial charge >= 0.3 is 5.97 Å². The molecule has 1 N–H and O–H groups in total. The number of methoxy groups -OCH3 is 1. The normalized spacial score (nSPS) is 18.2. The molecule has 0 amide bonds. The van der Waals surface area contributed by atoms with Crippen molar-refractivity contribution >= 4 is 5.97 Å². The molecular weight excluding hydrogens is 224 g/mol. The highest BCUT2D eigenvalue weighted by Gasteiger charge is 2.40. The van der Waals surface area contributed by atoms with Gasteiger partial charge in [0.25, 0.3) is 0 Å². The predicted octanol–water partition coefficient (Wildman–Crippen LogP) is 0.999. The molecule has 1 saturated heterocycles. The van der Waals surface area contributed by atoms with Gasteiger partial charge in [0.2, 0.25) is 0 Å². The standard InChI is InChI=1S/C10H18N4O3/c1-16-9(15)10(3-7-17-8-4-10)12-5-2-6-13-14-11/h12H,2-8H2,1H3. The molecule has 0 radical (unpaired) electrons. The molecule has 0 aromatic rings. The molecule has 17 heavy (non-hydrogen) atoms. The second kappa shape index (κ2) is 7.11. The summed E-state index contributed by atoms with van der Waals surface area (Å²) in [6, 6.07) is 0. The van der Waals surface area contributed by atoms with E-state index in [1.54, 1.807) is 0 Å². The van der Waals surface area contributed by atoms with Gasteiger partial charge in [-0.05, 0) is 31.3 Å². The summed E-state index contributed by atoms with van der Waals surface area (Å²) < 4.78 is 10.1. The van der Waals surface area contributed by atoms with Gasteiger partial charge in [0.15, 0.2) is 0 Å². The Kier molecular flexibility index (Phi) is 5.76. The van der Waals surface area contributed by atoms with Crippen molar-refractivity contribution in [2.45, 2.75) is 24.8 Å². The molecule has 1 aliphatic heterocycles. The Morgan fingerprint density at radius 3 is 2.88 bits per heavy atom. The summed E-state index contributed by atoms with van der Waals surface area (Å²) in [5.74, 6) is -0.246. The minimum absolute atomic E-state index is 0.246. The summed E-state index contributed by atoms with van der Waals surface area (Å²) >= 11 is 0. The average molecular weight is 242 g/mol. The van der Waals surface area contributed by atoms with Crippen LogP contribution in [0.25, 0.3) is 10.4 Å². The van der Waals surface area contributed by atoms with E-state index in [-0.39, 0.29) is 5.97 Å². The lowest BCUT2D eigenvalue weighted by atomic mass is 9.90. The van der Waals surface area contributed by atoms with Gasteiger partial charge in [-0.1, -0.05) is 5.11 Å². The molecule has 7 heteroatoms. The number of carbonyl (C=O) groups is 1. The highest BCUT2D eigenvalue weighted by molar-refractivity contribution is 5.80. The lowest BCUT2D eigenvalue weighted by molar-refractivity contribution is -0.152. The molecular formula is C10H18N4O3. The van der Waals surface area contributed by atoms with Crippen LogP contribution in [0.5, 0.6) is 0 Å². The quantitative estimate of drug-likeness (QED) is 0.247. The first-order valence-electron chi connectivity index (χ1n) is 5.67. The average Bonchev–Trinajstić information content (AvgIpc) is 2.38. The SMILES string of the molecule is COC(=O)C1(NCCCN=[N+]=[N-])CCOCC1. The van der Waals surface area contributed by atoms with Crippen LogP contribution in [0.2, 0.25) is 0 Å². The van der Waals surface area contributed by atoms with Crippen molar-refractivity contribution in [3.05, 3.63) is 10.4 Å². The van der Waals surface area contributed by atoms with E-state index >= 15 is 0 Å². The number of esters is 1. The molecule has 0 aliphatic carbocycles. The Hall–Kier alpha value is -1.30. The van der Waals surface area contributed by atoms with Crippen molar-refractivity contribution in [1.29, 1.82) is 0 Å². The van der Waals surface area contributed by atoms with Crippen molar-refractivity contribution in [2.24, 2.45) is 5.11 Å². The molecule has 0 aromatic carbocycles. The summed E-state index contributed by atoms with van der Waals surface area (Å²) in [5, 5.41) is 6.65. The topological polar surface area (TPSA) is 96.3 Å². The van der Waals surface area contributed by atoms with E-state index in [2.05, 4.69) is 15.3 Å². The maximum absolute atomic E-state index is 11.8. The zero-order valence-corrected chi connectivity index (χ0v) is 10.0. The summed E-state index contributed by atoms with van der Waals surface area (Å²) in [7, 11) is 1.39. The lowest BCUT2D eigenvalue weighted by Gasteiger charge is -2.35. The maximum Gasteiger partial charge on any atom is 0.326 e. The first-order valence-corrected chi connectivity index (χ1v) is 5.67. The Balaban J connectivity index is 2.46. The molecule has 7 nitrogen and oxygen atoms in total. The van der Waals surface area contributed by atoms with Gasteiger partial charge in [-0.15, -0.1) is 0 Å². The van der Waals surface area contributed by atoms with E-state index in [1.165, 1.54) is 7.11 Å². The second-order valence-electron chi connectivity index (χ2n) is 3.92. The van der Waals surface area contributed by atoms with Gasteiger partial charge in [-0.25, -0.2) is 0 Å². The smallest absolute Gasteiger partial charge is 0.326 e. The number of azide groups is 1. The van der Waals surface area contributed by atoms with Crippen LogP contribution in [0.3, 0.4) is 0 Å². The van der Waals surface area contributed by atoms with E-state index in [0.29, 0.717) is 45.6 Å². The van der Waals surface area contributed by atoms with Crippen molar-refractivity contribution in [1.82, 2.24) is 5.32 Å². The summed E-state index contributed by atoms with van der Waals surface area (Å²) in [5.41, 5.74) is 7.50. The first-order chi connectivity index (χ1) is 8.25. The summed E-state index contributed by atoms with van der Waals surface area (Å²) in [4.78, 5) is 14.5. The van der Waals surface area contributed by atoms with E-state index in [0.717, 1.165) is 0 Å². The molecule has 0 unspecified atom stereocenters. The summed E-state index contributed by atoms with van der Waals surface area (Å²) in [6.07, 6.45) is 1.92. The van der Waals surface area contributed by atoms with Crippen LogP contribution >= 0.6 is 0 Å². The fourth-order valence-electron chi connectivity index (χ4n) is 1.89. The van der Waals surface area contributed by atoms with Gasteiger partial charge in [0.1, 0.15) is 5.54 Å². The third-order valence-electron chi connectivity index (χ3n) is 2.88. The third kappa shape index (κ3) is 3.89. The van der Waals surface area contributed by atoms with E-state index in [9.17, 15) is 4.79 Å². The van der Waals surface area contributed by atoms with E-state index in [1.807, 2.05) is 0 Å². The molecule has 0 saturated carbocycles. The van der Waals surface area contributed by atoms with Crippen molar-refractivity contribution < 1.29 is 14.3 Å². The van der Waals surface area contributed by atoms with Crippen LogP contribution < -0.4 is 5.32 Å². The monoisotopic (exact) mass is 242 g/mol. The molecule has 0 aromatic heterocycles. The highest BCUT2D eigenvalue weighted by atomic mass is 16.5.